The highest BCUT2D eigenvalue weighted by Gasteiger charge is 2.31. The number of likely N-dealkylation sites (N-methyl/N-ethyl adjacent to an activating group) is 1. The summed E-state index contributed by atoms with van der Waals surface area (Å²) in [6, 6.07) is 0.0579. The molecule has 2 fully saturated rings. The van der Waals surface area contributed by atoms with Gasteiger partial charge in [0.05, 0.1) is 0 Å². The summed E-state index contributed by atoms with van der Waals surface area (Å²) in [7, 11) is 3.69. The van der Waals surface area contributed by atoms with E-state index in [9.17, 15) is 4.79 Å². The lowest BCUT2D eigenvalue weighted by atomic mass is 10.1. The molecule has 16 heavy (non-hydrogen) atoms. The molecule has 0 bridgehead atoms. The Balaban J connectivity index is 1.87. The van der Waals surface area contributed by atoms with E-state index in [1.807, 2.05) is 14.1 Å². The SMILES string of the molecule is CN(C)C(=O)C1CNCCN1CCC1CC1. The molecule has 1 aliphatic heterocycles. The Kier molecular flexibility index (Phi) is 3.82. The quantitative estimate of drug-likeness (QED) is 0.740. The second-order valence-electron chi connectivity index (χ2n) is 5.22. The summed E-state index contributed by atoms with van der Waals surface area (Å²) in [6.45, 7) is 3.93. The van der Waals surface area contributed by atoms with Gasteiger partial charge in [0, 0.05) is 33.7 Å². The number of piperazine rings is 1. The van der Waals surface area contributed by atoms with E-state index in [4.69, 9.17) is 0 Å². The fraction of sp³-hybridized carbons (Fsp3) is 0.917. The highest BCUT2D eigenvalue weighted by atomic mass is 16.2. The highest BCUT2D eigenvalue weighted by Crippen LogP contribution is 2.32. The molecule has 4 nitrogen and oxygen atoms in total. The van der Waals surface area contributed by atoms with Crippen LogP contribution in [0.4, 0.5) is 0 Å². The van der Waals surface area contributed by atoms with Crippen molar-refractivity contribution in [2.45, 2.75) is 25.3 Å². The molecule has 2 rings (SSSR count). The maximum Gasteiger partial charge on any atom is 0.240 e. The predicted molar refractivity (Wildman–Crippen MR) is 64.3 cm³/mol. The number of carbonyl (C=O) groups excluding carboxylic acids is 1. The summed E-state index contributed by atoms with van der Waals surface area (Å²) in [4.78, 5) is 16.1. The minimum absolute atomic E-state index is 0.0579. The van der Waals surface area contributed by atoms with Gasteiger partial charge < -0.3 is 10.2 Å². The number of hydrogen-bond acceptors (Lipinski definition) is 3. The van der Waals surface area contributed by atoms with Gasteiger partial charge in [0.25, 0.3) is 0 Å². The first-order valence-corrected chi connectivity index (χ1v) is 6.34. The summed E-state index contributed by atoms with van der Waals surface area (Å²) in [5, 5.41) is 3.31. The van der Waals surface area contributed by atoms with E-state index in [-0.39, 0.29) is 11.9 Å². The van der Waals surface area contributed by atoms with Crippen LogP contribution in [0.1, 0.15) is 19.3 Å². The first kappa shape index (κ1) is 11.9. The van der Waals surface area contributed by atoms with Gasteiger partial charge in [-0.15, -0.1) is 0 Å². The van der Waals surface area contributed by atoms with Crippen LogP contribution in [0.5, 0.6) is 0 Å². The van der Waals surface area contributed by atoms with E-state index in [2.05, 4.69) is 10.2 Å². The molecular formula is C12H23N3O. The first-order valence-electron chi connectivity index (χ1n) is 6.34. The van der Waals surface area contributed by atoms with E-state index >= 15 is 0 Å². The maximum absolute atomic E-state index is 12.0. The standard InChI is InChI=1S/C12H23N3O/c1-14(2)12(16)11-9-13-6-8-15(11)7-5-10-3-4-10/h10-11,13H,3-9H2,1-2H3. The molecule has 1 aliphatic carbocycles. The molecule has 1 heterocycles. The molecular weight excluding hydrogens is 202 g/mol. The number of amides is 1. The van der Waals surface area contributed by atoms with Crippen molar-refractivity contribution in [2.75, 3.05) is 40.3 Å². The molecule has 1 unspecified atom stereocenters. The molecule has 92 valence electrons. The van der Waals surface area contributed by atoms with Crippen LogP contribution >= 0.6 is 0 Å². The van der Waals surface area contributed by atoms with Crippen molar-refractivity contribution >= 4 is 5.91 Å². The third-order valence-corrected chi connectivity index (χ3v) is 3.60. The van der Waals surface area contributed by atoms with Crippen molar-refractivity contribution in [3.05, 3.63) is 0 Å². The zero-order chi connectivity index (χ0) is 11.5. The lowest BCUT2D eigenvalue weighted by Crippen LogP contribution is -2.57. The Morgan fingerprint density at radius 1 is 1.44 bits per heavy atom. The Hall–Kier alpha value is -0.610. The average Bonchev–Trinajstić information content (AvgIpc) is 3.09. The maximum atomic E-state index is 12.0. The summed E-state index contributed by atoms with van der Waals surface area (Å²) in [6.07, 6.45) is 4.08. The molecule has 0 aromatic heterocycles. The van der Waals surface area contributed by atoms with Crippen LogP contribution in [0, 0.1) is 5.92 Å². The Morgan fingerprint density at radius 3 is 2.81 bits per heavy atom. The fourth-order valence-electron chi connectivity index (χ4n) is 2.31. The third-order valence-electron chi connectivity index (χ3n) is 3.60. The minimum atomic E-state index is 0.0579. The second-order valence-corrected chi connectivity index (χ2v) is 5.22. The van der Waals surface area contributed by atoms with Crippen molar-refractivity contribution in [1.82, 2.24) is 15.1 Å². The van der Waals surface area contributed by atoms with Crippen LogP contribution in [0.15, 0.2) is 0 Å². The molecule has 2 aliphatic rings. The molecule has 0 aromatic rings. The van der Waals surface area contributed by atoms with Gasteiger partial charge in [0.2, 0.25) is 5.91 Å². The lowest BCUT2D eigenvalue weighted by Gasteiger charge is -2.36. The molecule has 1 N–H and O–H groups in total. The van der Waals surface area contributed by atoms with E-state index < -0.39 is 0 Å². The smallest absolute Gasteiger partial charge is 0.240 e. The van der Waals surface area contributed by atoms with E-state index in [0.29, 0.717) is 0 Å². The van der Waals surface area contributed by atoms with Crippen molar-refractivity contribution in [3.63, 3.8) is 0 Å². The topological polar surface area (TPSA) is 35.6 Å². The zero-order valence-corrected chi connectivity index (χ0v) is 10.4. The van der Waals surface area contributed by atoms with Gasteiger partial charge in [-0.1, -0.05) is 12.8 Å². The van der Waals surface area contributed by atoms with Crippen LogP contribution in [0.25, 0.3) is 0 Å². The summed E-state index contributed by atoms with van der Waals surface area (Å²) >= 11 is 0. The van der Waals surface area contributed by atoms with Crippen LogP contribution in [-0.4, -0.2) is 62.0 Å². The zero-order valence-electron chi connectivity index (χ0n) is 10.4. The lowest BCUT2D eigenvalue weighted by molar-refractivity contribution is -0.135. The van der Waals surface area contributed by atoms with Gasteiger partial charge in [-0.25, -0.2) is 0 Å². The molecule has 1 amide bonds. The van der Waals surface area contributed by atoms with Crippen LogP contribution in [0.3, 0.4) is 0 Å². The number of rotatable bonds is 4. The van der Waals surface area contributed by atoms with Crippen LogP contribution in [-0.2, 0) is 4.79 Å². The molecule has 1 atom stereocenters. The van der Waals surface area contributed by atoms with Gasteiger partial charge in [-0.2, -0.15) is 0 Å². The van der Waals surface area contributed by atoms with Gasteiger partial charge in [-0.3, -0.25) is 9.69 Å². The van der Waals surface area contributed by atoms with Gasteiger partial charge >= 0.3 is 0 Å². The van der Waals surface area contributed by atoms with Crippen molar-refractivity contribution in [1.29, 1.82) is 0 Å². The van der Waals surface area contributed by atoms with Crippen LogP contribution < -0.4 is 5.32 Å². The Morgan fingerprint density at radius 2 is 2.19 bits per heavy atom. The predicted octanol–water partition coefficient (Wildman–Crippen LogP) is 0.149. The van der Waals surface area contributed by atoms with Gasteiger partial charge in [-0.05, 0) is 18.9 Å². The second kappa shape index (κ2) is 5.15. The van der Waals surface area contributed by atoms with E-state index in [0.717, 1.165) is 32.1 Å². The van der Waals surface area contributed by atoms with Crippen molar-refractivity contribution in [3.8, 4) is 0 Å². The third kappa shape index (κ3) is 2.95. The average molecular weight is 225 g/mol. The normalized spacial score (nSPS) is 26.8. The number of nitrogens with zero attached hydrogens (tertiary/aromatic N) is 2. The number of carbonyl (C=O) groups is 1. The highest BCUT2D eigenvalue weighted by molar-refractivity contribution is 5.81. The Labute approximate surface area is 98.0 Å². The molecule has 1 saturated heterocycles. The first-order chi connectivity index (χ1) is 7.68. The van der Waals surface area contributed by atoms with Gasteiger partial charge in [0.1, 0.15) is 6.04 Å². The Bertz CT molecular complexity index is 251. The minimum Gasteiger partial charge on any atom is -0.347 e. The van der Waals surface area contributed by atoms with Crippen molar-refractivity contribution in [2.24, 2.45) is 5.92 Å². The number of hydrogen-bond donors (Lipinski definition) is 1. The monoisotopic (exact) mass is 225 g/mol. The summed E-state index contributed by atoms with van der Waals surface area (Å²) < 4.78 is 0. The van der Waals surface area contributed by atoms with E-state index in [1.165, 1.54) is 19.3 Å². The number of nitrogens with one attached hydrogen (secondary N) is 1. The largest absolute Gasteiger partial charge is 0.347 e. The van der Waals surface area contributed by atoms with E-state index in [1.54, 1.807) is 4.90 Å². The van der Waals surface area contributed by atoms with Gasteiger partial charge in [0.15, 0.2) is 0 Å². The molecule has 4 heteroatoms. The molecule has 0 spiro atoms. The fourth-order valence-corrected chi connectivity index (χ4v) is 2.31. The molecule has 0 radical (unpaired) electrons. The summed E-state index contributed by atoms with van der Waals surface area (Å²) in [5.74, 6) is 1.19. The summed E-state index contributed by atoms with van der Waals surface area (Å²) in [5.41, 5.74) is 0. The molecule has 1 saturated carbocycles. The molecule has 0 aromatic carbocycles. The van der Waals surface area contributed by atoms with Crippen LogP contribution in [0.2, 0.25) is 0 Å². The van der Waals surface area contributed by atoms with Crippen molar-refractivity contribution < 1.29 is 4.79 Å².